The monoisotopic (exact) mass is 630 g/mol. The average Bonchev–Trinajstić information content (AvgIpc) is 3.54. The van der Waals surface area contributed by atoms with Gasteiger partial charge in [0.1, 0.15) is 27.2 Å². The van der Waals surface area contributed by atoms with Crippen LogP contribution in [-0.2, 0) is 4.74 Å². The van der Waals surface area contributed by atoms with Gasteiger partial charge < -0.3 is 25.4 Å². The van der Waals surface area contributed by atoms with E-state index in [2.05, 4.69) is 25.9 Å². The van der Waals surface area contributed by atoms with Gasteiger partial charge in [-0.3, -0.25) is 15.1 Å². The highest BCUT2D eigenvalue weighted by molar-refractivity contribution is 7.19. The Kier molecular flexibility index (Phi) is 8.46. The summed E-state index contributed by atoms with van der Waals surface area (Å²) in [4.78, 5) is 48.4. The average molecular weight is 631 g/mol. The summed E-state index contributed by atoms with van der Waals surface area (Å²) in [5, 5.41) is 18.7. The summed E-state index contributed by atoms with van der Waals surface area (Å²) in [6.07, 6.45) is 0.866. The number of rotatable bonds is 6. The van der Waals surface area contributed by atoms with Crippen LogP contribution in [0.4, 0.5) is 34.7 Å². The number of fused-ring (bicyclic) bond motifs is 1. The van der Waals surface area contributed by atoms with Crippen LogP contribution in [0.15, 0.2) is 35.8 Å². The summed E-state index contributed by atoms with van der Waals surface area (Å²) >= 11 is 2.14. The van der Waals surface area contributed by atoms with Crippen molar-refractivity contribution < 1.29 is 33.0 Å². The van der Waals surface area contributed by atoms with Gasteiger partial charge in [0.05, 0.1) is 33.4 Å². The van der Waals surface area contributed by atoms with E-state index in [0.717, 1.165) is 28.2 Å². The highest BCUT2D eigenvalue weighted by Gasteiger charge is 2.29. The first kappa shape index (κ1) is 30.1. The zero-order valence-electron chi connectivity index (χ0n) is 23.4. The minimum atomic E-state index is -1.12. The van der Waals surface area contributed by atoms with Gasteiger partial charge in [-0.15, -0.1) is 11.3 Å². The number of carbonyl (C=O) groups is 3. The fourth-order valence-corrected chi connectivity index (χ4v) is 6.64. The minimum absolute atomic E-state index is 0.0696. The molecule has 1 saturated heterocycles. The number of benzene rings is 1. The van der Waals surface area contributed by atoms with Crippen LogP contribution in [0.5, 0.6) is 0 Å². The van der Waals surface area contributed by atoms with Crippen molar-refractivity contribution in [3.8, 4) is 10.6 Å². The number of ether oxygens (including phenoxy) is 1. The van der Waals surface area contributed by atoms with Gasteiger partial charge in [-0.1, -0.05) is 17.4 Å². The SMILES string of the molecule is CC(C)(C)OC(=O)Nc1sc(-c2c(F)cccc2F)nc1C(=O)Nc1cnc2ccsc2c1N1CCC[C@H](NC(=O)O)C1. The van der Waals surface area contributed by atoms with E-state index in [1.807, 2.05) is 16.3 Å². The molecule has 43 heavy (non-hydrogen) atoms. The summed E-state index contributed by atoms with van der Waals surface area (Å²) in [5.41, 5.74) is 0.106. The normalized spacial score (nSPS) is 15.3. The molecule has 1 aromatic carbocycles. The number of carbonyl (C=O) groups excluding carboxylic acids is 2. The lowest BCUT2D eigenvalue weighted by atomic mass is 10.0. The van der Waals surface area contributed by atoms with Crippen molar-refractivity contribution in [1.29, 1.82) is 0 Å². The van der Waals surface area contributed by atoms with Crippen LogP contribution < -0.4 is 20.9 Å². The Morgan fingerprint density at radius 3 is 2.58 bits per heavy atom. The second kappa shape index (κ2) is 12.1. The Hall–Kier alpha value is -4.37. The van der Waals surface area contributed by atoms with Gasteiger partial charge in [-0.05, 0) is 57.2 Å². The zero-order chi connectivity index (χ0) is 30.9. The standard InChI is InChI=1S/C28H28F2N6O5S2/c1-28(2,3)41-27(40)35-25-20(34-24(43-25)19-15(29)7-4-8-16(19)30)23(37)33-18-12-31-17-9-11-42-22(17)21(18)36-10-5-6-14(13-36)32-26(38)39/h4,7-9,11-12,14,32H,5-6,10,13H2,1-3H3,(H,33,37)(H,35,40)(H,38,39)/t14-/m0/s1. The van der Waals surface area contributed by atoms with Crippen molar-refractivity contribution in [2.45, 2.75) is 45.3 Å². The predicted octanol–water partition coefficient (Wildman–Crippen LogP) is 6.53. The molecule has 0 unspecified atom stereocenters. The molecule has 3 aromatic heterocycles. The van der Waals surface area contributed by atoms with Crippen molar-refractivity contribution >= 4 is 67.4 Å². The third-order valence-corrected chi connectivity index (χ3v) is 8.29. The minimum Gasteiger partial charge on any atom is -0.465 e. The number of aromatic nitrogens is 2. The molecule has 11 nitrogen and oxygen atoms in total. The van der Waals surface area contributed by atoms with Gasteiger partial charge in [0.2, 0.25) is 0 Å². The summed E-state index contributed by atoms with van der Waals surface area (Å²) in [6.45, 7) is 5.97. The molecule has 4 aromatic rings. The second-order valence-corrected chi connectivity index (χ2v) is 12.7. The molecule has 0 aliphatic carbocycles. The van der Waals surface area contributed by atoms with Gasteiger partial charge in [0, 0.05) is 19.1 Å². The fraction of sp³-hybridized carbons (Fsp3) is 0.321. The quantitative estimate of drug-likeness (QED) is 0.188. The topological polar surface area (TPSA) is 146 Å². The molecule has 226 valence electrons. The number of hydrogen-bond acceptors (Lipinski definition) is 9. The highest BCUT2D eigenvalue weighted by Crippen LogP contribution is 2.40. The lowest BCUT2D eigenvalue weighted by Crippen LogP contribution is -2.47. The van der Waals surface area contributed by atoms with Crippen LogP contribution in [0, 0.1) is 11.6 Å². The summed E-state index contributed by atoms with van der Waals surface area (Å²) in [5.74, 6) is -2.52. The van der Waals surface area contributed by atoms with Crippen molar-refractivity contribution in [1.82, 2.24) is 15.3 Å². The van der Waals surface area contributed by atoms with Crippen LogP contribution in [0.3, 0.4) is 0 Å². The van der Waals surface area contributed by atoms with Crippen molar-refractivity contribution in [2.24, 2.45) is 0 Å². The molecule has 4 N–H and O–H groups in total. The number of nitrogens with one attached hydrogen (secondary N) is 3. The summed E-state index contributed by atoms with van der Waals surface area (Å²) < 4.78 is 35.4. The molecule has 1 fully saturated rings. The smallest absolute Gasteiger partial charge is 0.412 e. The maximum absolute atomic E-state index is 14.7. The Balaban J connectivity index is 1.52. The number of halogens is 2. The van der Waals surface area contributed by atoms with Crippen LogP contribution in [0.25, 0.3) is 20.8 Å². The second-order valence-electron chi connectivity index (χ2n) is 10.8. The van der Waals surface area contributed by atoms with Crippen LogP contribution in [-0.4, -0.2) is 57.9 Å². The van der Waals surface area contributed by atoms with Gasteiger partial charge in [-0.25, -0.2) is 23.4 Å². The number of thiazole rings is 1. The van der Waals surface area contributed by atoms with Crippen LogP contribution >= 0.6 is 22.7 Å². The first-order valence-corrected chi connectivity index (χ1v) is 15.0. The first-order chi connectivity index (χ1) is 20.4. The molecule has 0 saturated carbocycles. The molecule has 0 bridgehead atoms. The van der Waals surface area contributed by atoms with E-state index in [1.165, 1.54) is 23.6 Å². The third-order valence-electron chi connectivity index (χ3n) is 6.39. The molecule has 0 radical (unpaired) electrons. The van der Waals surface area contributed by atoms with E-state index in [1.54, 1.807) is 20.8 Å². The van der Waals surface area contributed by atoms with Crippen LogP contribution in [0.1, 0.15) is 44.1 Å². The molecule has 4 heterocycles. The lowest BCUT2D eigenvalue weighted by molar-refractivity contribution is 0.0636. The van der Waals surface area contributed by atoms with Gasteiger partial charge in [0.25, 0.3) is 5.91 Å². The third kappa shape index (κ3) is 6.83. The number of anilines is 3. The molecule has 0 spiro atoms. The molecule has 1 aliphatic rings. The number of pyridine rings is 1. The van der Waals surface area contributed by atoms with E-state index < -0.39 is 40.9 Å². The van der Waals surface area contributed by atoms with E-state index in [0.29, 0.717) is 42.8 Å². The lowest BCUT2D eigenvalue weighted by Gasteiger charge is -2.35. The molecule has 1 atom stereocenters. The number of piperidine rings is 1. The number of amides is 3. The number of nitrogens with zero attached hydrogens (tertiary/aromatic N) is 3. The first-order valence-electron chi connectivity index (χ1n) is 13.3. The predicted molar refractivity (Wildman–Crippen MR) is 161 cm³/mol. The Labute approximate surface area is 252 Å². The highest BCUT2D eigenvalue weighted by atomic mass is 32.1. The maximum atomic E-state index is 14.7. The molecular formula is C28H28F2N6O5S2. The van der Waals surface area contributed by atoms with Crippen molar-refractivity contribution in [2.75, 3.05) is 28.6 Å². The number of thiophene rings is 1. The molecular weight excluding hydrogens is 602 g/mol. The van der Waals surface area contributed by atoms with E-state index in [-0.39, 0.29) is 21.7 Å². The molecule has 15 heteroatoms. The molecule has 3 amide bonds. The maximum Gasteiger partial charge on any atom is 0.412 e. The Morgan fingerprint density at radius 1 is 1.14 bits per heavy atom. The fourth-order valence-electron chi connectivity index (χ4n) is 4.72. The van der Waals surface area contributed by atoms with Crippen molar-refractivity contribution in [3.05, 3.63) is 53.2 Å². The summed E-state index contributed by atoms with van der Waals surface area (Å²) in [7, 11) is 0. The van der Waals surface area contributed by atoms with Gasteiger partial charge >= 0.3 is 12.2 Å². The zero-order valence-corrected chi connectivity index (χ0v) is 25.0. The largest absolute Gasteiger partial charge is 0.465 e. The van der Waals surface area contributed by atoms with E-state index >= 15 is 0 Å². The summed E-state index contributed by atoms with van der Waals surface area (Å²) in [6, 6.07) is 4.87. The Morgan fingerprint density at radius 2 is 1.88 bits per heavy atom. The van der Waals surface area contributed by atoms with Gasteiger partial charge in [0.15, 0.2) is 5.69 Å². The van der Waals surface area contributed by atoms with Crippen LogP contribution in [0.2, 0.25) is 0 Å². The number of hydrogen-bond donors (Lipinski definition) is 4. The Bertz CT molecular complexity index is 1680. The molecule has 1 aliphatic heterocycles. The van der Waals surface area contributed by atoms with E-state index in [9.17, 15) is 28.3 Å². The van der Waals surface area contributed by atoms with E-state index in [4.69, 9.17) is 4.74 Å². The number of carboxylic acid groups (broad SMARTS) is 1. The van der Waals surface area contributed by atoms with Gasteiger partial charge in [-0.2, -0.15) is 0 Å². The molecule has 5 rings (SSSR count). The van der Waals surface area contributed by atoms with Crippen molar-refractivity contribution in [3.63, 3.8) is 0 Å².